The number of piperidine rings is 1. The van der Waals surface area contributed by atoms with E-state index < -0.39 is 9.84 Å². The van der Waals surface area contributed by atoms with Gasteiger partial charge in [0.1, 0.15) is 5.75 Å². The summed E-state index contributed by atoms with van der Waals surface area (Å²) in [6.07, 6.45) is 4.73. The molecule has 1 spiro atoms. The number of amides is 2. The number of benzene rings is 3. The van der Waals surface area contributed by atoms with Crippen molar-refractivity contribution in [1.29, 1.82) is 0 Å². The predicted molar refractivity (Wildman–Crippen MR) is 166 cm³/mol. The lowest BCUT2D eigenvalue weighted by Crippen LogP contribution is -2.45. The molecule has 0 saturated carbocycles. The molecular weight excluding hydrogens is 562 g/mol. The molecule has 1 atom stereocenters. The Labute approximate surface area is 255 Å². The normalized spacial score (nSPS) is 17.6. The average molecular weight is 604 g/mol. The quantitative estimate of drug-likeness (QED) is 0.349. The summed E-state index contributed by atoms with van der Waals surface area (Å²) in [4.78, 5) is 31.3. The van der Waals surface area contributed by atoms with Crippen LogP contribution in [-0.2, 0) is 32.4 Å². The van der Waals surface area contributed by atoms with Crippen molar-refractivity contribution in [1.82, 2.24) is 15.1 Å². The number of hydrogen-bond acceptors (Lipinski definition) is 6. The smallest absolute Gasteiger partial charge is 0.229 e. The average Bonchev–Trinajstić information content (AvgIpc) is 3.30. The molecule has 1 N–H and O–H groups in total. The Kier molecular flexibility index (Phi) is 9.52. The van der Waals surface area contributed by atoms with Gasteiger partial charge in [0, 0.05) is 31.5 Å². The van der Waals surface area contributed by atoms with Gasteiger partial charge in [0.05, 0.1) is 29.9 Å². The highest BCUT2D eigenvalue weighted by atomic mass is 32.2. The van der Waals surface area contributed by atoms with E-state index in [0.29, 0.717) is 17.2 Å². The fourth-order valence-electron chi connectivity index (χ4n) is 6.36. The molecule has 2 aliphatic heterocycles. The summed E-state index contributed by atoms with van der Waals surface area (Å²) < 4.78 is 29.0. The summed E-state index contributed by atoms with van der Waals surface area (Å²) in [6.45, 7) is 3.75. The van der Waals surface area contributed by atoms with Crippen molar-refractivity contribution in [3.8, 4) is 5.75 Å². The van der Waals surface area contributed by atoms with Crippen molar-refractivity contribution in [2.45, 2.75) is 49.6 Å². The van der Waals surface area contributed by atoms with Crippen molar-refractivity contribution in [2.75, 3.05) is 39.5 Å². The first-order chi connectivity index (χ1) is 20.7. The zero-order valence-corrected chi connectivity index (χ0v) is 25.8. The third kappa shape index (κ3) is 7.46. The standard InChI is InChI=1S/C34H41N3O5S/c1-42-31-11-7-6-10-28(31)24-32(38)35-30(27-8-4-3-5-9-27)16-20-36-21-17-34(18-22-36)19-23-37(33(34)39)25-26-12-14-29(15-13-26)43(2,40)41/h3-15,30H,16-25H2,1-2H3,(H,35,38). The zero-order valence-electron chi connectivity index (χ0n) is 25.0. The first kappa shape index (κ1) is 30.8. The summed E-state index contributed by atoms with van der Waals surface area (Å²) in [7, 11) is -1.63. The molecule has 2 fully saturated rings. The molecule has 2 saturated heterocycles. The molecule has 5 rings (SSSR count). The lowest BCUT2D eigenvalue weighted by molar-refractivity contribution is -0.139. The van der Waals surface area contributed by atoms with E-state index in [-0.39, 0.29) is 29.7 Å². The molecule has 8 nitrogen and oxygen atoms in total. The van der Waals surface area contributed by atoms with E-state index >= 15 is 0 Å². The number of nitrogens with zero attached hydrogens (tertiary/aromatic N) is 2. The van der Waals surface area contributed by atoms with Gasteiger partial charge < -0.3 is 19.9 Å². The van der Waals surface area contributed by atoms with E-state index in [2.05, 4.69) is 22.3 Å². The predicted octanol–water partition coefficient (Wildman–Crippen LogP) is 4.40. The minimum Gasteiger partial charge on any atom is -0.496 e. The highest BCUT2D eigenvalue weighted by Gasteiger charge is 2.47. The van der Waals surface area contributed by atoms with Gasteiger partial charge in [0.2, 0.25) is 11.8 Å². The van der Waals surface area contributed by atoms with E-state index in [1.807, 2.05) is 47.4 Å². The second kappa shape index (κ2) is 13.3. The molecule has 3 aromatic carbocycles. The number of nitrogens with one attached hydrogen (secondary N) is 1. The van der Waals surface area contributed by atoms with Crippen molar-refractivity contribution in [2.24, 2.45) is 5.41 Å². The van der Waals surface area contributed by atoms with E-state index in [1.165, 1.54) is 6.26 Å². The van der Waals surface area contributed by atoms with E-state index in [1.54, 1.807) is 31.4 Å². The number of rotatable bonds is 11. The number of para-hydroxylation sites is 1. The molecule has 2 heterocycles. The number of ether oxygens (including phenoxy) is 1. The molecular formula is C34H41N3O5S. The van der Waals surface area contributed by atoms with Crippen LogP contribution in [0, 0.1) is 5.41 Å². The van der Waals surface area contributed by atoms with Gasteiger partial charge in [-0.05, 0) is 68.1 Å². The molecule has 0 aromatic heterocycles. The monoisotopic (exact) mass is 603 g/mol. The van der Waals surface area contributed by atoms with Gasteiger partial charge in [0.15, 0.2) is 9.84 Å². The lowest BCUT2D eigenvalue weighted by atomic mass is 9.77. The van der Waals surface area contributed by atoms with Gasteiger partial charge in [-0.15, -0.1) is 0 Å². The number of hydrogen-bond donors (Lipinski definition) is 1. The molecule has 228 valence electrons. The largest absolute Gasteiger partial charge is 0.496 e. The molecule has 0 radical (unpaired) electrons. The van der Waals surface area contributed by atoms with Gasteiger partial charge in [-0.2, -0.15) is 0 Å². The van der Waals surface area contributed by atoms with Crippen LogP contribution in [0.4, 0.5) is 0 Å². The topological polar surface area (TPSA) is 96.0 Å². The molecule has 2 amide bonds. The van der Waals surface area contributed by atoms with Crippen LogP contribution in [0.3, 0.4) is 0 Å². The first-order valence-electron chi connectivity index (χ1n) is 14.9. The summed E-state index contributed by atoms with van der Waals surface area (Å²) in [5.74, 6) is 0.879. The van der Waals surface area contributed by atoms with Crippen LogP contribution < -0.4 is 10.1 Å². The summed E-state index contributed by atoms with van der Waals surface area (Å²) in [5, 5.41) is 3.25. The highest BCUT2D eigenvalue weighted by molar-refractivity contribution is 7.90. The Morgan fingerprint density at radius 2 is 1.58 bits per heavy atom. The van der Waals surface area contributed by atoms with Crippen LogP contribution in [0.5, 0.6) is 5.75 Å². The number of sulfone groups is 1. The van der Waals surface area contributed by atoms with Gasteiger partial charge in [-0.1, -0.05) is 60.7 Å². The Balaban J connectivity index is 1.15. The van der Waals surface area contributed by atoms with Gasteiger partial charge >= 0.3 is 0 Å². The zero-order chi connectivity index (χ0) is 30.5. The van der Waals surface area contributed by atoms with Gasteiger partial charge in [0.25, 0.3) is 0 Å². The fraction of sp³-hybridized carbons (Fsp3) is 0.412. The molecule has 3 aromatic rings. The Bertz CT molecular complexity index is 1520. The third-order valence-electron chi connectivity index (χ3n) is 8.95. The summed E-state index contributed by atoms with van der Waals surface area (Å²) in [6, 6.07) is 24.4. The molecule has 9 heteroatoms. The minimum absolute atomic E-state index is 0.0430. The molecule has 0 bridgehead atoms. The van der Waals surface area contributed by atoms with Crippen LogP contribution in [0.25, 0.3) is 0 Å². The van der Waals surface area contributed by atoms with Crippen LogP contribution in [0.15, 0.2) is 83.8 Å². The van der Waals surface area contributed by atoms with E-state index in [0.717, 1.165) is 68.6 Å². The number of carbonyl (C=O) groups is 2. The second-order valence-electron chi connectivity index (χ2n) is 11.8. The number of likely N-dealkylation sites (tertiary alicyclic amines) is 2. The van der Waals surface area contributed by atoms with Crippen LogP contribution in [0.1, 0.15) is 48.4 Å². The maximum atomic E-state index is 13.5. The first-order valence-corrected chi connectivity index (χ1v) is 16.8. The SMILES string of the molecule is COc1ccccc1CC(=O)NC(CCN1CCC2(CC1)CCN(Cc1ccc(S(C)(=O)=O)cc1)C2=O)c1ccccc1. The van der Waals surface area contributed by atoms with Gasteiger partial charge in [-0.3, -0.25) is 9.59 Å². The van der Waals surface area contributed by atoms with Crippen molar-refractivity contribution >= 4 is 21.7 Å². The van der Waals surface area contributed by atoms with Gasteiger partial charge in [-0.25, -0.2) is 8.42 Å². The molecule has 1 unspecified atom stereocenters. The minimum atomic E-state index is -3.24. The second-order valence-corrected chi connectivity index (χ2v) is 13.8. The maximum absolute atomic E-state index is 13.5. The van der Waals surface area contributed by atoms with Crippen LogP contribution in [0.2, 0.25) is 0 Å². The van der Waals surface area contributed by atoms with Crippen molar-refractivity contribution in [3.63, 3.8) is 0 Å². The Morgan fingerprint density at radius 1 is 0.930 bits per heavy atom. The van der Waals surface area contributed by atoms with E-state index in [9.17, 15) is 18.0 Å². The van der Waals surface area contributed by atoms with E-state index in [4.69, 9.17) is 4.74 Å². The molecule has 43 heavy (non-hydrogen) atoms. The molecule has 2 aliphatic rings. The number of methoxy groups -OCH3 is 1. The molecule has 0 aliphatic carbocycles. The summed E-state index contributed by atoms with van der Waals surface area (Å²) >= 11 is 0. The van der Waals surface area contributed by atoms with Crippen molar-refractivity contribution < 1.29 is 22.7 Å². The summed E-state index contributed by atoms with van der Waals surface area (Å²) in [5.41, 5.74) is 2.56. The third-order valence-corrected chi connectivity index (χ3v) is 10.1. The lowest BCUT2D eigenvalue weighted by Gasteiger charge is -2.38. The maximum Gasteiger partial charge on any atom is 0.229 e. The Morgan fingerprint density at radius 3 is 2.26 bits per heavy atom. The fourth-order valence-corrected chi connectivity index (χ4v) is 6.99. The number of carbonyl (C=O) groups excluding carboxylic acids is 2. The van der Waals surface area contributed by atoms with Crippen LogP contribution in [-0.4, -0.2) is 69.6 Å². The van der Waals surface area contributed by atoms with Crippen molar-refractivity contribution in [3.05, 3.63) is 95.6 Å². The Hall–Kier alpha value is -3.69. The van der Waals surface area contributed by atoms with Crippen LogP contribution >= 0.6 is 0 Å². The highest BCUT2D eigenvalue weighted by Crippen LogP contribution is 2.42.